The molecule has 1 fully saturated rings. The van der Waals surface area contributed by atoms with E-state index < -0.39 is 15.9 Å². The molecule has 3 rings (SSSR count). The SMILES string of the molecule is CS(=O)(=O)c1ccccc1NC(=O)NCc1ccnc(N2CCCCC2)c1. The first-order valence-corrected chi connectivity index (χ1v) is 10.9. The van der Waals surface area contributed by atoms with Gasteiger partial charge in [-0.15, -0.1) is 0 Å². The van der Waals surface area contributed by atoms with Crippen molar-refractivity contribution in [2.75, 3.05) is 29.6 Å². The first-order valence-electron chi connectivity index (χ1n) is 8.97. The molecule has 2 aromatic rings. The van der Waals surface area contributed by atoms with Crippen molar-refractivity contribution in [1.82, 2.24) is 10.3 Å². The molecular formula is C19H24N4O3S. The van der Waals surface area contributed by atoms with Gasteiger partial charge in [-0.1, -0.05) is 12.1 Å². The first-order chi connectivity index (χ1) is 12.9. The largest absolute Gasteiger partial charge is 0.357 e. The predicted molar refractivity (Wildman–Crippen MR) is 106 cm³/mol. The highest BCUT2D eigenvalue weighted by Crippen LogP contribution is 2.21. The van der Waals surface area contributed by atoms with Gasteiger partial charge in [-0.3, -0.25) is 0 Å². The molecule has 2 N–H and O–H groups in total. The van der Waals surface area contributed by atoms with E-state index in [1.807, 2.05) is 12.1 Å². The van der Waals surface area contributed by atoms with Crippen molar-refractivity contribution >= 4 is 27.4 Å². The summed E-state index contributed by atoms with van der Waals surface area (Å²) in [4.78, 5) is 19.0. The number of carbonyl (C=O) groups excluding carboxylic acids is 1. The Hall–Kier alpha value is -2.61. The second-order valence-corrected chi connectivity index (χ2v) is 8.63. The molecular weight excluding hydrogens is 364 g/mol. The molecule has 2 amide bonds. The molecule has 27 heavy (non-hydrogen) atoms. The third-order valence-corrected chi connectivity index (χ3v) is 5.63. The standard InChI is InChI=1S/C19H24N4O3S/c1-27(25,26)17-8-4-3-7-16(17)22-19(24)21-14-15-9-10-20-18(13-15)23-11-5-2-6-12-23/h3-4,7-10,13H,2,5-6,11-12,14H2,1H3,(H2,21,22,24). The smallest absolute Gasteiger partial charge is 0.319 e. The number of hydrogen-bond donors (Lipinski definition) is 2. The third-order valence-electron chi connectivity index (χ3n) is 4.48. The van der Waals surface area contributed by atoms with Gasteiger partial charge in [0.2, 0.25) is 0 Å². The summed E-state index contributed by atoms with van der Waals surface area (Å²) in [6, 6.07) is 9.72. The van der Waals surface area contributed by atoms with E-state index in [1.165, 1.54) is 25.3 Å². The predicted octanol–water partition coefficient (Wildman–Crippen LogP) is 2.80. The Morgan fingerprint density at radius 2 is 1.89 bits per heavy atom. The normalized spacial score (nSPS) is 14.6. The number of aromatic nitrogens is 1. The van der Waals surface area contributed by atoms with E-state index >= 15 is 0 Å². The quantitative estimate of drug-likeness (QED) is 0.822. The Labute approximate surface area is 159 Å². The van der Waals surface area contributed by atoms with Crippen molar-refractivity contribution in [3.63, 3.8) is 0 Å². The fourth-order valence-electron chi connectivity index (χ4n) is 3.11. The Kier molecular flexibility index (Phi) is 5.95. The Bertz CT molecular complexity index is 909. The van der Waals surface area contributed by atoms with Gasteiger partial charge in [-0.25, -0.2) is 18.2 Å². The van der Waals surface area contributed by atoms with Gasteiger partial charge in [0.1, 0.15) is 5.82 Å². The number of pyridine rings is 1. The molecule has 0 bridgehead atoms. The van der Waals surface area contributed by atoms with Crippen molar-refractivity contribution in [3.05, 3.63) is 48.2 Å². The van der Waals surface area contributed by atoms with E-state index in [-0.39, 0.29) is 10.6 Å². The van der Waals surface area contributed by atoms with Crippen molar-refractivity contribution in [1.29, 1.82) is 0 Å². The fourth-order valence-corrected chi connectivity index (χ4v) is 3.95. The molecule has 1 saturated heterocycles. The van der Waals surface area contributed by atoms with Crippen LogP contribution in [-0.4, -0.2) is 38.8 Å². The monoisotopic (exact) mass is 388 g/mol. The maximum absolute atomic E-state index is 12.2. The van der Waals surface area contributed by atoms with E-state index in [2.05, 4.69) is 20.5 Å². The van der Waals surface area contributed by atoms with Crippen LogP contribution in [-0.2, 0) is 16.4 Å². The van der Waals surface area contributed by atoms with E-state index in [0.717, 1.165) is 30.7 Å². The minimum Gasteiger partial charge on any atom is -0.357 e. The van der Waals surface area contributed by atoms with E-state index in [0.29, 0.717) is 6.54 Å². The van der Waals surface area contributed by atoms with Gasteiger partial charge in [0.05, 0.1) is 10.6 Å². The van der Waals surface area contributed by atoms with E-state index in [1.54, 1.807) is 24.4 Å². The Morgan fingerprint density at radius 3 is 2.63 bits per heavy atom. The Morgan fingerprint density at radius 1 is 1.15 bits per heavy atom. The highest BCUT2D eigenvalue weighted by atomic mass is 32.2. The molecule has 0 saturated carbocycles. The third kappa shape index (κ3) is 5.19. The molecule has 144 valence electrons. The molecule has 1 aromatic heterocycles. The average Bonchev–Trinajstić information content (AvgIpc) is 2.67. The number of amides is 2. The molecule has 1 aliphatic heterocycles. The number of rotatable bonds is 5. The Balaban J connectivity index is 1.62. The molecule has 0 aliphatic carbocycles. The van der Waals surface area contributed by atoms with Crippen LogP contribution in [0, 0.1) is 0 Å². The zero-order valence-corrected chi connectivity index (χ0v) is 16.1. The van der Waals surface area contributed by atoms with Crippen molar-refractivity contribution in [3.8, 4) is 0 Å². The number of benzene rings is 1. The van der Waals surface area contributed by atoms with E-state index in [9.17, 15) is 13.2 Å². The van der Waals surface area contributed by atoms with Crippen LogP contribution in [0.5, 0.6) is 0 Å². The zero-order chi connectivity index (χ0) is 19.3. The number of anilines is 2. The van der Waals surface area contributed by atoms with Gasteiger partial charge in [0, 0.05) is 32.1 Å². The summed E-state index contributed by atoms with van der Waals surface area (Å²) in [5, 5.41) is 5.38. The van der Waals surface area contributed by atoms with Gasteiger partial charge in [0.25, 0.3) is 0 Å². The second-order valence-electron chi connectivity index (χ2n) is 6.65. The van der Waals surface area contributed by atoms with Crippen molar-refractivity contribution in [2.24, 2.45) is 0 Å². The molecule has 0 unspecified atom stereocenters. The summed E-state index contributed by atoms with van der Waals surface area (Å²) >= 11 is 0. The number of nitrogens with one attached hydrogen (secondary N) is 2. The van der Waals surface area contributed by atoms with Crippen LogP contribution in [0.2, 0.25) is 0 Å². The van der Waals surface area contributed by atoms with Gasteiger partial charge in [-0.05, 0) is 49.1 Å². The highest BCUT2D eigenvalue weighted by molar-refractivity contribution is 7.90. The van der Waals surface area contributed by atoms with Crippen LogP contribution in [0.3, 0.4) is 0 Å². The van der Waals surface area contributed by atoms with E-state index in [4.69, 9.17) is 0 Å². The van der Waals surface area contributed by atoms with Crippen molar-refractivity contribution < 1.29 is 13.2 Å². The molecule has 7 nitrogen and oxygen atoms in total. The average molecular weight is 388 g/mol. The summed E-state index contributed by atoms with van der Waals surface area (Å²) in [6.07, 6.45) is 6.47. The summed E-state index contributed by atoms with van der Waals surface area (Å²) in [7, 11) is -3.42. The fraction of sp³-hybridized carbons (Fsp3) is 0.368. The number of nitrogens with zero attached hydrogens (tertiary/aromatic N) is 2. The van der Waals surface area contributed by atoms with Crippen molar-refractivity contribution in [2.45, 2.75) is 30.7 Å². The lowest BCUT2D eigenvalue weighted by molar-refractivity contribution is 0.251. The van der Waals surface area contributed by atoms with Crippen LogP contribution in [0.1, 0.15) is 24.8 Å². The summed E-state index contributed by atoms with van der Waals surface area (Å²) in [5.74, 6) is 0.928. The molecule has 1 aliphatic rings. The van der Waals surface area contributed by atoms with Gasteiger partial charge in [0.15, 0.2) is 9.84 Å². The molecule has 1 aromatic carbocycles. The van der Waals surface area contributed by atoms with Gasteiger partial charge >= 0.3 is 6.03 Å². The minimum absolute atomic E-state index is 0.0939. The molecule has 8 heteroatoms. The zero-order valence-electron chi connectivity index (χ0n) is 15.3. The van der Waals surface area contributed by atoms with Gasteiger partial charge < -0.3 is 15.5 Å². The summed E-state index contributed by atoms with van der Waals surface area (Å²) in [5.41, 5.74) is 1.21. The molecule has 0 radical (unpaired) electrons. The first kappa shape index (κ1) is 19.2. The lowest BCUT2D eigenvalue weighted by Crippen LogP contribution is -2.31. The summed E-state index contributed by atoms with van der Waals surface area (Å²) in [6.45, 7) is 2.34. The van der Waals surface area contributed by atoms with Crippen LogP contribution >= 0.6 is 0 Å². The number of hydrogen-bond acceptors (Lipinski definition) is 5. The molecule has 0 atom stereocenters. The van der Waals surface area contributed by atoms with Crippen LogP contribution < -0.4 is 15.5 Å². The second kappa shape index (κ2) is 8.39. The lowest BCUT2D eigenvalue weighted by Gasteiger charge is -2.27. The lowest BCUT2D eigenvalue weighted by atomic mass is 10.1. The number of urea groups is 1. The highest BCUT2D eigenvalue weighted by Gasteiger charge is 2.15. The maximum Gasteiger partial charge on any atom is 0.319 e. The van der Waals surface area contributed by atoms with Crippen LogP contribution in [0.25, 0.3) is 0 Å². The molecule has 0 spiro atoms. The molecule has 2 heterocycles. The van der Waals surface area contributed by atoms with Crippen LogP contribution in [0.15, 0.2) is 47.5 Å². The minimum atomic E-state index is -3.42. The summed E-state index contributed by atoms with van der Waals surface area (Å²) < 4.78 is 23.6. The number of sulfone groups is 1. The number of piperidine rings is 1. The topological polar surface area (TPSA) is 91.4 Å². The van der Waals surface area contributed by atoms with Crippen LogP contribution in [0.4, 0.5) is 16.3 Å². The maximum atomic E-state index is 12.2. The van der Waals surface area contributed by atoms with Gasteiger partial charge in [-0.2, -0.15) is 0 Å². The number of para-hydroxylation sites is 1. The number of carbonyl (C=O) groups is 1.